The van der Waals surface area contributed by atoms with Gasteiger partial charge in [0.05, 0.1) is 4.90 Å². The molecular formula is C16H19ClN2O2S. The first-order valence-corrected chi connectivity index (χ1v) is 8.77. The maximum absolute atomic E-state index is 12.9. The quantitative estimate of drug-likeness (QED) is 0.880. The Morgan fingerprint density at radius 3 is 2.45 bits per heavy atom. The number of rotatable bonds is 6. The highest BCUT2D eigenvalue weighted by molar-refractivity contribution is 7.89. The minimum absolute atomic E-state index is 0.226. The first kappa shape index (κ1) is 17.0. The third-order valence-corrected chi connectivity index (χ3v) is 5.57. The molecule has 0 heterocycles. The van der Waals surface area contributed by atoms with Gasteiger partial charge in [0.1, 0.15) is 0 Å². The first-order chi connectivity index (χ1) is 10.4. The number of hydrogen-bond acceptors (Lipinski definition) is 3. The van der Waals surface area contributed by atoms with Gasteiger partial charge in [-0.1, -0.05) is 48.0 Å². The van der Waals surface area contributed by atoms with E-state index in [1.54, 1.807) is 19.1 Å². The van der Waals surface area contributed by atoms with Crippen LogP contribution in [0.5, 0.6) is 0 Å². The minimum atomic E-state index is -3.65. The second-order valence-electron chi connectivity index (χ2n) is 5.02. The smallest absolute Gasteiger partial charge is 0.243 e. The van der Waals surface area contributed by atoms with E-state index in [1.807, 2.05) is 30.3 Å². The van der Waals surface area contributed by atoms with Crippen LogP contribution < -0.4 is 5.73 Å². The van der Waals surface area contributed by atoms with Crippen molar-refractivity contribution >= 4 is 21.6 Å². The maximum atomic E-state index is 12.9. The third-order valence-electron chi connectivity index (χ3n) is 3.35. The summed E-state index contributed by atoms with van der Waals surface area (Å²) in [5.74, 6) is 0. The summed E-state index contributed by atoms with van der Waals surface area (Å²) in [5, 5.41) is 0.400. The van der Waals surface area contributed by atoms with E-state index in [1.165, 1.54) is 10.4 Å². The fourth-order valence-electron chi connectivity index (χ4n) is 2.21. The molecule has 0 spiro atoms. The summed E-state index contributed by atoms with van der Waals surface area (Å²) < 4.78 is 27.2. The van der Waals surface area contributed by atoms with Gasteiger partial charge in [0, 0.05) is 24.7 Å². The topological polar surface area (TPSA) is 63.4 Å². The summed E-state index contributed by atoms with van der Waals surface area (Å²) in [6.45, 7) is 2.55. The standard InChI is InChI=1S/C16H19ClN2O2S/c1-13-7-8-15(17)11-16(13)22(20,21)19(10-9-18)12-14-5-3-2-4-6-14/h2-8,11H,9-10,12,18H2,1H3. The van der Waals surface area contributed by atoms with Gasteiger partial charge in [0.25, 0.3) is 0 Å². The van der Waals surface area contributed by atoms with E-state index < -0.39 is 10.0 Å². The number of benzene rings is 2. The van der Waals surface area contributed by atoms with E-state index in [0.29, 0.717) is 10.6 Å². The number of nitrogens with zero attached hydrogens (tertiary/aromatic N) is 1. The summed E-state index contributed by atoms with van der Waals surface area (Å²) >= 11 is 5.96. The molecule has 0 atom stereocenters. The van der Waals surface area contributed by atoms with Gasteiger partial charge in [-0.25, -0.2) is 8.42 Å². The number of halogens is 1. The zero-order chi connectivity index (χ0) is 16.2. The third kappa shape index (κ3) is 3.87. The van der Waals surface area contributed by atoms with Gasteiger partial charge in [-0.2, -0.15) is 4.31 Å². The molecule has 0 aliphatic heterocycles. The molecular weight excluding hydrogens is 320 g/mol. The van der Waals surface area contributed by atoms with Crippen molar-refractivity contribution in [2.24, 2.45) is 5.73 Å². The van der Waals surface area contributed by atoms with Gasteiger partial charge >= 0.3 is 0 Å². The number of nitrogens with two attached hydrogens (primary N) is 1. The molecule has 0 aliphatic rings. The molecule has 6 heteroatoms. The largest absolute Gasteiger partial charge is 0.329 e. The highest BCUT2D eigenvalue weighted by Crippen LogP contribution is 2.24. The van der Waals surface area contributed by atoms with Crippen LogP contribution in [0.25, 0.3) is 0 Å². The lowest BCUT2D eigenvalue weighted by Gasteiger charge is -2.22. The minimum Gasteiger partial charge on any atom is -0.329 e. The second-order valence-corrected chi connectivity index (χ2v) is 7.37. The molecule has 118 valence electrons. The first-order valence-electron chi connectivity index (χ1n) is 6.95. The molecule has 0 bridgehead atoms. The Hall–Kier alpha value is -1.40. The summed E-state index contributed by atoms with van der Waals surface area (Å²) in [7, 11) is -3.65. The van der Waals surface area contributed by atoms with Crippen LogP contribution in [-0.4, -0.2) is 25.8 Å². The molecule has 0 fully saturated rings. The lowest BCUT2D eigenvalue weighted by molar-refractivity contribution is 0.413. The van der Waals surface area contributed by atoms with Crippen molar-refractivity contribution in [1.29, 1.82) is 0 Å². The van der Waals surface area contributed by atoms with Crippen molar-refractivity contribution in [1.82, 2.24) is 4.31 Å². The summed E-state index contributed by atoms with van der Waals surface area (Å²) in [5.41, 5.74) is 7.18. The lowest BCUT2D eigenvalue weighted by atomic mass is 10.2. The molecule has 22 heavy (non-hydrogen) atoms. The normalized spacial score (nSPS) is 11.8. The molecule has 0 radical (unpaired) electrons. The van der Waals surface area contributed by atoms with Crippen molar-refractivity contribution in [3.8, 4) is 0 Å². The van der Waals surface area contributed by atoms with Crippen molar-refractivity contribution in [2.45, 2.75) is 18.4 Å². The zero-order valence-corrected chi connectivity index (χ0v) is 13.9. The molecule has 2 aromatic carbocycles. The summed E-state index contributed by atoms with van der Waals surface area (Å²) in [4.78, 5) is 0.226. The van der Waals surface area contributed by atoms with Crippen LogP contribution in [0.3, 0.4) is 0 Å². The predicted octanol–water partition coefficient (Wildman–Crippen LogP) is 2.80. The van der Waals surface area contributed by atoms with Crippen molar-refractivity contribution in [3.05, 3.63) is 64.7 Å². The summed E-state index contributed by atoms with van der Waals surface area (Å²) in [6.07, 6.45) is 0. The second kappa shape index (κ2) is 7.24. The number of sulfonamides is 1. The Morgan fingerprint density at radius 1 is 1.14 bits per heavy atom. The van der Waals surface area contributed by atoms with Gasteiger partial charge in [-0.3, -0.25) is 0 Å². The molecule has 0 saturated carbocycles. The van der Waals surface area contributed by atoms with Crippen LogP contribution >= 0.6 is 11.6 Å². The Balaban J connectivity index is 2.39. The van der Waals surface area contributed by atoms with Gasteiger partial charge in [0.2, 0.25) is 10.0 Å². The Labute approximate surface area is 136 Å². The molecule has 0 aromatic heterocycles. The zero-order valence-electron chi connectivity index (χ0n) is 12.4. The van der Waals surface area contributed by atoms with Crippen LogP contribution in [0.1, 0.15) is 11.1 Å². The number of aryl methyl sites for hydroxylation is 1. The highest BCUT2D eigenvalue weighted by Gasteiger charge is 2.25. The van der Waals surface area contributed by atoms with Gasteiger partial charge in [-0.05, 0) is 30.2 Å². The fourth-order valence-corrected chi connectivity index (χ4v) is 4.14. The molecule has 0 aliphatic carbocycles. The molecule has 2 rings (SSSR count). The molecule has 0 saturated heterocycles. The Morgan fingerprint density at radius 2 is 1.82 bits per heavy atom. The summed E-state index contributed by atoms with van der Waals surface area (Å²) in [6, 6.07) is 14.3. The van der Waals surface area contributed by atoms with Crippen LogP contribution in [0, 0.1) is 6.92 Å². The lowest BCUT2D eigenvalue weighted by Crippen LogP contribution is -2.35. The van der Waals surface area contributed by atoms with Crippen LogP contribution in [0.2, 0.25) is 5.02 Å². The Kier molecular flexibility index (Phi) is 5.58. The van der Waals surface area contributed by atoms with Crippen molar-refractivity contribution in [2.75, 3.05) is 13.1 Å². The van der Waals surface area contributed by atoms with E-state index >= 15 is 0 Å². The van der Waals surface area contributed by atoms with Crippen LogP contribution in [0.15, 0.2) is 53.4 Å². The van der Waals surface area contributed by atoms with Gasteiger partial charge in [0.15, 0.2) is 0 Å². The van der Waals surface area contributed by atoms with E-state index in [2.05, 4.69) is 0 Å². The van der Waals surface area contributed by atoms with Gasteiger partial charge < -0.3 is 5.73 Å². The SMILES string of the molecule is Cc1ccc(Cl)cc1S(=O)(=O)N(CCN)Cc1ccccc1. The molecule has 0 amide bonds. The van der Waals surface area contributed by atoms with Crippen LogP contribution in [0.4, 0.5) is 0 Å². The van der Waals surface area contributed by atoms with E-state index in [-0.39, 0.29) is 24.5 Å². The highest BCUT2D eigenvalue weighted by atomic mass is 35.5. The molecule has 2 N–H and O–H groups in total. The van der Waals surface area contributed by atoms with Gasteiger partial charge in [-0.15, -0.1) is 0 Å². The average Bonchev–Trinajstić information content (AvgIpc) is 2.50. The van der Waals surface area contributed by atoms with E-state index in [4.69, 9.17) is 17.3 Å². The molecule has 0 unspecified atom stereocenters. The van der Waals surface area contributed by atoms with Crippen LogP contribution in [-0.2, 0) is 16.6 Å². The monoisotopic (exact) mass is 338 g/mol. The maximum Gasteiger partial charge on any atom is 0.243 e. The fraction of sp³-hybridized carbons (Fsp3) is 0.250. The number of hydrogen-bond donors (Lipinski definition) is 1. The Bertz CT molecular complexity index is 733. The average molecular weight is 339 g/mol. The molecule has 4 nitrogen and oxygen atoms in total. The predicted molar refractivity (Wildman–Crippen MR) is 89.3 cm³/mol. The van der Waals surface area contributed by atoms with Crippen molar-refractivity contribution < 1.29 is 8.42 Å². The van der Waals surface area contributed by atoms with Crippen molar-refractivity contribution in [3.63, 3.8) is 0 Å². The van der Waals surface area contributed by atoms with E-state index in [0.717, 1.165) is 5.56 Å². The molecule has 2 aromatic rings. The van der Waals surface area contributed by atoms with E-state index in [9.17, 15) is 8.42 Å².